The van der Waals surface area contributed by atoms with Crippen LogP contribution in [0.3, 0.4) is 0 Å². The van der Waals surface area contributed by atoms with Gasteiger partial charge in [0, 0.05) is 27.2 Å². The standard InChI is InChI=1S/C53H88N4O40/c1-13(65)54-26-34(76)40(92-49-37(79)36(78)30(72)18(6-59)87-49)21(9-62)89-47(26)85-12-23-33(75)44(38(80)50(91-23)94-42-28(56-15(3)67)46(82)86-19(7-60)31(42)73)95-48-27(55-14(2)66)35(77)41(22(10-63)90-48)93-51-39(81)45(32(74)20(8-61)88-51)97-53(52(83)84)4-16(68)25(57-24(70)11-64)43(96-53)29(71)17(69)5-58/h16-23,25-51,58-64,68-69,71-82H,4-12H2,1-3H3,(H,54,65)(H,55,66)(H,56,67)(H,57,70)(H,83,84)/t16-,17+,18+,19+,20+,21+,22+,23+,25+,26+,27+,28+,29+,30-,31-,32-,33-,34+,35+,36-,37+,38+,39+,40+,41+,42+,43+,44-,45-,46?,47+,48-,49-,50-,51-,53-/m0/s1. The summed E-state index contributed by atoms with van der Waals surface area (Å²) in [6.07, 6.45) is -66.2. The second kappa shape index (κ2) is 34.8. The molecule has 0 aromatic rings. The topological polar surface area (TPSA) is 699 Å². The summed E-state index contributed by atoms with van der Waals surface area (Å²) in [6, 6.07) is -7.42. The molecule has 0 aromatic carbocycles. The number of aliphatic hydroxyl groups excluding tert-OH is 21. The first kappa shape index (κ1) is 80.3. The summed E-state index contributed by atoms with van der Waals surface area (Å²) >= 11 is 0. The van der Waals surface area contributed by atoms with Crippen molar-refractivity contribution in [1.82, 2.24) is 21.3 Å². The van der Waals surface area contributed by atoms with Gasteiger partial charge < -0.3 is 195 Å². The van der Waals surface area contributed by atoms with Gasteiger partial charge in [-0.05, 0) is 0 Å². The fourth-order valence-electron chi connectivity index (χ4n) is 12.2. The Morgan fingerprint density at radius 2 is 0.866 bits per heavy atom. The summed E-state index contributed by atoms with van der Waals surface area (Å²) in [5.74, 6) is -9.42. The number of hydrogen-bond donors (Lipinski definition) is 26. The van der Waals surface area contributed by atoms with Crippen LogP contribution in [0, 0.1) is 0 Å². The van der Waals surface area contributed by atoms with E-state index in [1.165, 1.54) is 0 Å². The molecule has 1 unspecified atom stereocenters. The quantitative estimate of drug-likeness (QED) is 0.0363. The summed E-state index contributed by atoms with van der Waals surface area (Å²) in [5, 5.41) is 248. The molecule has 36 atom stereocenters. The summed E-state index contributed by atoms with van der Waals surface area (Å²) in [4.78, 5) is 63.6. The normalized spacial score (nSPS) is 45.7. The predicted octanol–water partition coefficient (Wildman–Crippen LogP) is -17.5. The lowest BCUT2D eigenvalue weighted by atomic mass is 9.88. The van der Waals surface area contributed by atoms with E-state index in [0.29, 0.717) is 0 Å². The molecule has 0 bridgehead atoms. The van der Waals surface area contributed by atoms with E-state index in [1.807, 2.05) is 0 Å². The Kier molecular flexibility index (Phi) is 28.8. The Morgan fingerprint density at radius 1 is 0.443 bits per heavy atom. The average molecular weight is 1420 g/mol. The number of carbonyl (C=O) groups excluding carboxylic acids is 4. The maximum Gasteiger partial charge on any atom is 0.364 e. The van der Waals surface area contributed by atoms with Crippen LogP contribution in [0.1, 0.15) is 27.2 Å². The van der Waals surface area contributed by atoms with Gasteiger partial charge in [-0.2, -0.15) is 0 Å². The second-order valence-corrected chi connectivity index (χ2v) is 24.0. The van der Waals surface area contributed by atoms with Gasteiger partial charge in [0.15, 0.2) is 37.7 Å². The lowest BCUT2D eigenvalue weighted by Gasteiger charge is -2.51. The highest BCUT2D eigenvalue weighted by Gasteiger charge is 2.62. The lowest BCUT2D eigenvalue weighted by molar-refractivity contribution is -0.390. The number of nitrogens with one attached hydrogen (secondary N) is 4. The Labute approximate surface area is 548 Å². The zero-order valence-corrected chi connectivity index (χ0v) is 51.8. The van der Waals surface area contributed by atoms with Gasteiger partial charge in [-0.1, -0.05) is 0 Å². The number of carboxylic acids is 1. The predicted molar refractivity (Wildman–Crippen MR) is 297 cm³/mol. The number of aliphatic carboxylic acids is 1. The Bertz CT molecular complexity index is 2560. The number of carboxylic acid groups (broad SMARTS) is 1. The number of rotatable bonds is 27. The fraction of sp³-hybridized carbons (Fsp3) is 0.906. The van der Waals surface area contributed by atoms with E-state index in [-0.39, 0.29) is 0 Å². The SMILES string of the molecule is CC(=O)N[C@H]1[C@H](OC[C@H]2O[C@@H](O[C@H]3[C@@H](O)[C@@H](CO)OC(O)[C@@H]3NC(C)=O)[C@H](O)[C@@H](O[C@@H]3O[C@H](CO)[C@@H](O[C@@H]4O[C@H](CO)[C@H](O)[C@H](O[C@]5(C(=O)O)C[C@H](O)[C@@H](NC(=O)CO)[C@H]([C@H](O)[C@H](O)CO)O5)[C@H]4O)[C@H](O)[C@H]3NC(C)=O)[C@H]2O)O[C@H](CO)[C@@H](O[C@@H]2O[C@H](CO)[C@H](O)[C@H](O)[C@H]2O)[C@@H]1O. The number of aliphatic hydroxyl groups is 21. The maximum absolute atomic E-state index is 13.2. The van der Waals surface area contributed by atoms with Crippen LogP contribution in [0.15, 0.2) is 0 Å². The molecule has 0 spiro atoms. The molecule has 7 fully saturated rings. The van der Waals surface area contributed by atoms with E-state index in [1.54, 1.807) is 0 Å². The molecule has 0 aromatic heterocycles. The summed E-state index contributed by atoms with van der Waals surface area (Å²) in [7, 11) is 0. The van der Waals surface area contributed by atoms with E-state index >= 15 is 0 Å². The average Bonchev–Trinajstić information content (AvgIpc) is 0.763. The van der Waals surface area contributed by atoms with Crippen molar-refractivity contribution in [2.24, 2.45) is 0 Å². The summed E-state index contributed by atoms with van der Waals surface area (Å²) in [5.41, 5.74) is 0. The highest BCUT2D eigenvalue weighted by molar-refractivity contribution is 5.78. The van der Waals surface area contributed by atoms with E-state index < -0.39 is 309 Å². The van der Waals surface area contributed by atoms with Gasteiger partial charge in [0.25, 0.3) is 5.79 Å². The minimum atomic E-state index is -3.32. The fourth-order valence-corrected chi connectivity index (χ4v) is 12.2. The minimum Gasteiger partial charge on any atom is -0.477 e. The van der Waals surface area contributed by atoms with Crippen molar-refractivity contribution in [2.45, 2.75) is 247 Å². The first-order valence-electron chi connectivity index (χ1n) is 30.4. The van der Waals surface area contributed by atoms with E-state index in [9.17, 15) is 136 Å². The molecule has 97 heavy (non-hydrogen) atoms. The Balaban J connectivity index is 1.18. The minimum absolute atomic E-state index is 0.854. The van der Waals surface area contributed by atoms with Crippen LogP contribution < -0.4 is 21.3 Å². The molecule has 7 aliphatic heterocycles. The van der Waals surface area contributed by atoms with Crippen molar-refractivity contribution in [3.8, 4) is 0 Å². The highest BCUT2D eigenvalue weighted by Crippen LogP contribution is 2.40. The molecule has 0 saturated carbocycles. The molecule has 7 rings (SSSR count). The van der Waals surface area contributed by atoms with Crippen LogP contribution in [0.4, 0.5) is 0 Å². The number of amides is 4. The smallest absolute Gasteiger partial charge is 0.364 e. The molecular weight excluding hydrogens is 1330 g/mol. The first-order valence-corrected chi connectivity index (χ1v) is 30.4. The molecule has 26 N–H and O–H groups in total. The first-order chi connectivity index (χ1) is 45.7. The largest absolute Gasteiger partial charge is 0.477 e. The van der Waals surface area contributed by atoms with Crippen LogP contribution in [0.2, 0.25) is 0 Å². The molecule has 7 saturated heterocycles. The van der Waals surface area contributed by atoms with E-state index in [2.05, 4.69) is 21.3 Å². The van der Waals surface area contributed by atoms with Crippen LogP contribution in [0.5, 0.6) is 0 Å². The molecule has 560 valence electrons. The lowest BCUT2D eigenvalue weighted by Crippen LogP contribution is -2.71. The van der Waals surface area contributed by atoms with Gasteiger partial charge in [0.05, 0.1) is 58.4 Å². The van der Waals surface area contributed by atoms with Crippen LogP contribution >= 0.6 is 0 Å². The summed E-state index contributed by atoms with van der Waals surface area (Å²) < 4.78 is 75.3. The van der Waals surface area contributed by atoms with Crippen molar-refractivity contribution >= 4 is 29.6 Å². The third-order valence-corrected chi connectivity index (χ3v) is 17.2. The van der Waals surface area contributed by atoms with Crippen molar-refractivity contribution < 1.29 is 198 Å². The van der Waals surface area contributed by atoms with Gasteiger partial charge >= 0.3 is 5.97 Å². The Hall–Kier alpha value is -4.01. The third kappa shape index (κ3) is 17.9. The molecule has 7 aliphatic rings. The van der Waals surface area contributed by atoms with Crippen molar-refractivity contribution in [2.75, 3.05) is 52.9 Å². The molecule has 0 aliphatic carbocycles. The van der Waals surface area contributed by atoms with Crippen molar-refractivity contribution in [1.29, 1.82) is 0 Å². The molecule has 0 radical (unpaired) electrons. The molecule has 7 heterocycles. The van der Waals surface area contributed by atoms with Crippen molar-refractivity contribution in [3.05, 3.63) is 0 Å². The van der Waals surface area contributed by atoms with Gasteiger partial charge in [-0.15, -0.1) is 0 Å². The van der Waals surface area contributed by atoms with E-state index in [0.717, 1.165) is 20.8 Å². The maximum atomic E-state index is 13.2. The highest BCUT2D eigenvalue weighted by atomic mass is 16.8. The molecular formula is C53H88N4O40. The second-order valence-electron chi connectivity index (χ2n) is 24.0. The zero-order chi connectivity index (χ0) is 72.0. The van der Waals surface area contributed by atoms with Crippen molar-refractivity contribution in [3.63, 3.8) is 0 Å². The van der Waals surface area contributed by atoms with E-state index in [4.69, 9.17) is 61.6 Å². The molecule has 44 nitrogen and oxygen atoms in total. The monoisotopic (exact) mass is 1420 g/mol. The molecule has 44 heteroatoms. The summed E-state index contributed by atoms with van der Waals surface area (Å²) in [6.45, 7) is -6.00. The third-order valence-electron chi connectivity index (χ3n) is 17.2. The zero-order valence-electron chi connectivity index (χ0n) is 51.8. The van der Waals surface area contributed by atoms with Gasteiger partial charge in [0.2, 0.25) is 23.6 Å². The van der Waals surface area contributed by atoms with Gasteiger partial charge in [0.1, 0.15) is 171 Å². The number of carbonyl (C=O) groups is 5. The van der Waals surface area contributed by atoms with Gasteiger partial charge in [-0.25, -0.2) is 4.79 Å². The number of ether oxygens (including phenoxy) is 13. The molecule has 4 amide bonds. The van der Waals surface area contributed by atoms with Crippen LogP contribution in [0.25, 0.3) is 0 Å². The van der Waals surface area contributed by atoms with Crippen LogP contribution in [-0.2, 0) is 85.6 Å². The van der Waals surface area contributed by atoms with Crippen LogP contribution in [-0.4, -0.2) is 415 Å². The number of hydrogen-bond acceptors (Lipinski definition) is 39. The van der Waals surface area contributed by atoms with Gasteiger partial charge in [-0.3, -0.25) is 19.2 Å². The Morgan fingerprint density at radius 3 is 1.37 bits per heavy atom.